The summed E-state index contributed by atoms with van der Waals surface area (Å²) in [6.07, 6.45) is 1.74. The molecule has 0 radical (unpaired) electrons. The van der Waals surface area contributed by atoms with Gasteiger partial charge in [-0.05, 0) is 24.7 Å². The van der Waals surface area contributed by atoms with Crippen LogP contribution in [0.5, 0.6) is 5.75 Å². The van der Waals surface area contributed by atoms with Gasteiger partial charge < -0.3 is 10.1 Å². The van der Waals surface area contributed by atoms with E-state index in [1.165, 1.54) is 5.56 Å². The van der Waals surface area contributed by atoms with Gasteiger partial charge >= 0.3 is 0 Å². The molecular formula is C11H15NO. The minimum Gasteiger partial charge on any atom is -0.490 e. The molecule has 70 valence electrons. The molecule has 1 aromatic carbocycles. The van der Waals surface area contributed by atoms with Crippen LogP contribution in [0.1, 0.15) is 5.56 Å². The fourth-order valence-corrected chi connectivity index (χ4v) is 1.06. The van der Waals surface area contributed by atoms with Crippen LogP contribution in [0.2, 0.25) is 0 Å². The van der Waals surface area contributed by atoms with E-state index in [0.717, 1.165) is 12.3 Å². The van der Waals surface area contributed by atoms with Crippen LogP contribution in [0.25, 0.3) is 0 Å². The molecule has 0 aliphatic rings. The van der Waals surface area contributed by atoms with Crippen LogP contribution in [0.4, 0.5) is 0 Å². The Morgan fingerprint density at radius 2 is 2.08 bits per heavy atom. The van der Waals surface area contributed by atoms with E-state index in [1.807, 2.05) is 19.2 Å². The summed E-state index contributed by atoms with van der Waals surface area (Å²) in [4.78, 5) is 0. The van der Waals surface area contributed by atoms with Crippen molar-refractivity contribution >= 4 is 0 Å². The molecule has 0 saturated carbocycles. The number of hydrogen-bond donors (Lipinski definition) is 1. The normalized spacial score (nSPS) is 9.62. The second-order valence-electron chi connectivity index (χ2n) is 2.77. The summed E-state index contributed by atoms with van der Waals surface area (Å²) in [6, 6.07) is 8.04. The average Bonchev–Trinajstić information content (AvgIpc) is 2.17. The lowest BCUT2D eigenvalue weighted by molar-refractivity contribution is 0.363. The molecule has 0 bridgehead atoms. The molecule has 0 spiro atoms. The van der Waals surface area contributed by atoms with E-state index in [0.29, 0.717) is 6.61 Å². The standard InChI is InChI=1S/C11H15NO/c1-3-8-13-11-6-4-10(5-7-11)9-12-2/h3-7,12H,1,8-9H2,2H3. The first-order valence-corrected chi connectivity index (χ1v) is 4.34. The van der Waals surface area contributed by atoms with Crippen molar-refractivity contribution in [2.45, 2.75) is 6.54 Å². The fraction of sp³-hybridized carbons (Fsp3) is 0.273. The highest BCUT2D eigenvalue weighted by Crippen LogP contribution is 2.11. The van der Waals surface area contributed by atoms with E-state index in [-0.39, 0.29) is 0 Å². The lowest BCUT2D eigenvalue weighted by Gasteiger charge is -2.04. The van der Waals surface area contributed by atoms with Crippen LogP contribution in [0.15, 0.2) is 36.9 Å². The van der Waals surface area contributed by atoms with Crippen LogP contribution in [-0.4, -0.2) is 13.7 Å². The Morgan fingerprint density at radius 1 is 1.38 bits per heavy atom. The molecule has 2 heteroatoms. The number of benzene rings is 1. The van der Waals surface area contributed by atoms with Gasteiger partial charge in [-0.1, -0.05) is 24.8 Å². The molecule has 2 nitrogen and oxygen atoms in total. The maximum absolute atomic E-state index is 5.35. The van der Waals surface area contributed by atoms with Gasteiger partial charge in [0.1, 0.15) is 12.4 Å². The first-order valence-electron chi connectivity index (χ1n) is 4.34. The van der Waals surface area contributed by atoms with Crippen molar-refractivity contribution in [1.82, 2.24) is 5.32 Å². The van der Waals surface area contributed by atoms with E-state index in [9.17, 15) is 0 Å². The van der Waals surface area contributed by atoms with Crippen molar-refractivity contribution in [3.05, 3.63) is 42.5 Å². The first-order chi connectivity index (χ1) is 6.36. The molecule has 1 aromatic rings. The zero-order valence-corrected chi connectivity index (χ0v) is 7.92. The minimum atomic E-state index is 0.561. The quantitative estimate of drug-likeness (QED) is 0.694. The van der Waals surface area contributed by atoms with Crippen LogP contribution >= 0.6 is 0 Å². The number of hydrogen-bond acceptors (Lipinski definition) is 2. The summed E-state index contributed by atoms with van der Waals surface area (Å²) in [6.45, 7) is 5.04. The molecule has 0 unspecified atom stereocenters. The van der Waals surface area contributed by atoms with Gasteiger partial charge in [0.2, 0.25) is 0 Å². The molecule has 0 saturated heterocycles. The zero-order valence-electron chi connectivity index (χ0n) is 7.92. The number of ether oxygens (including phenoxy) is 1. The second kappa shape index (κ2) is 5.38. The molecule has 0 heterocycles. The van der Waals surface area contributed by atoms with Crippen molar-refractivity contribution in [2.75, 3.05) is 13.7 Å². The monoisotopic (exact) mass is 177 g/mol. The highest BCUT2D eigenvalue weighted by molar-refractivity contribution is 5.27. The third-order valence-electron chi connectivity index (χ3n) is 1.67. The Labute approximate surface area is 79.2 Å². The van der Waals surface area contributed by atoms with E-state index in [4.69, 9.17) is 4.74 Å². The van der Waals surface area contributed by atoms with Gasteiger partial charge in [0, 0.05) is 6.54 Å². The van der Waals surface area contributed by atoms with Crippen molar-refractivity contribution in [3.8, 4) is 5.75 Å². The van der Waals surface area contributed by atoms with Crippen molar-refractivity contribution in [1.29, 1.82) is 0 Å². The molecule has 1 rings (SSSR count). The van der Waals surface area contributed by atoms with E-state index in [1.54, 1.807) is 6.08 Å². The van der Waals surface area contributed by atoms with Crippen LogP contribution in [-0.2, 0) is 6.54 Å². The molecule has 0 aliphatic carbocycles. The Morgan fingerprint density at radius 3 is 2.62 bits per heavy atom. The van der Waals surface area contributed by atoms with Crippen LogP contribution in [0.3, 0.4) is 0 Å². The predicted octanol–water partition coefficient (Wildman–Crippen LogP) is 1.97. The maximum atomic E-state index is 5.35. The van der Waals surface area contributed by atoms with Crippen molar-refractivity contribution in [3.63, 3.8) is 0 Å². The third-order valence-corrected chi connectivity index (χ3v) is 1.67. The van der Waals surface area contributed by atoms with Gasteiger partial charge in [0.15, 0.2) is 0 Å². The molecule has 1 N–H and O–H groups in total. The average molecular weight is 177 g/mol. The van der Waals surface area contributed by atoms with Crippen molar-refractivity contribution < 1.29 is 4.74 Å². The molecular weight excluding hydrogens is 162 g/mol. The summed E-state index contributed by atoms with van der Waals surface area (Å²) >= 11 is 0. The van der Waals surface area contributed by atoms with Gasteiger partial charge in [-0.15, -0.1) is 0 Å². The van der Waals surface area contributed by atoms with E-state index < -0.39 is 0 Å². The van der Waals surface area contributed by atoms with Gasteiger partial charge in [-0.3, -0.25) is 0 Å². The highest BCUT2D eigenvalue weighted by atomic mass is 16.5. The molecule has 0 atom stereocenters. The van der Waals surface area contributed by atoms with Crippen molar-refractivity contribution in [2.24, 2.45) is 0 Å². The molecule has 0 aromatic heterocycles. The molecule has 0 fully saturated rings. The van der Waals surface area contributed by atoms with E-state index >= 15 is 0 Å². The lowest BCUT2D eigenvalue weighted by atomic mass is 10.2. The van der Waals surface area contributed by atoms with E-state index in [2.05, 4.69) is 24.0 Å². The third kappa shape index (κ3) is 3.30. The van der Waals surface area contributed by atoms with Gasteiger partial charge in [-0.25, -0.2) is 0 Å². The van der Waals surface area contributed by atoms with Crippen LogP contribution < -0.4 is 10.1 Å². The summed E-state index contributed by atoms with van der Waals surface area (Å²) in [5, 5.41) is 3.09. The lowest BCUT2D eigenvalue weighted by Crippen LogP contribution is -2.04. The fourth-order valence-electron chi connectivity index (χ4n) is 1.06. The summed E-state index contributed by atoms with van der Waals surface area (Å²) < 4.78 is 5.35. The first kappa shape index (κ1) is 9.81. The second-order valence-corrected chi connectivity index (χ2v) is 2.77. The topological polar surface area (TPSA) is 21.3 Å². The van der Waals surface area contributed by atoms with Gasteiger partial charge in [0.25, 0.3) is 0 Å². The summed E-state index contributed by atoms with van der Waals surface area (Å²) in [5.74, 6) is 0.889. The molecule has 0 amide bonds. The summed E-state index contributed by atoms with van der Waals surface area (Å²) in [7, 11) is 1.93. The number of rotatable bonds is 5. The SMILES string of the molecule is C=CCOc1ccc(CNC)cc1. The molecule has 0 aliphatic heterocycles. The summed E-state index contributed by atoms with van der Waals surface area (Å²) in [5.41, 5.74) is 1.26. The number of nitrogens with one attached hydrogen (secondary N) is 1. The van der Waals surface area contributed by atoms with Crippen LogP contribution in [0, 0.1) is 0 Å². The predicted molar refractivity (Wildman–Crippen MR) is 54.9 cm³/mol. The maximum Gasteiger partial charge on any atom is 0.119 e. The Balaban J connectivity index is 2.53. The molecule has 13 heavy (non-hydrogen) atoms. The highest BCUT2D eigenvalue weighted by Gasteiger charge is 1.92. The minimum absolute atomic E-state index is 0.561. The largest absolute Gasteiger partial charge is 0.490 e. The Kier molecular flexibility index (Phi) is 4.06. The van der Waals surface area contributed by atoms with Gasteiger partial charge in [-0.2, -0.15) is 0 Å². The Hall–Kier alpha value is -1.28. The van der Waals surface area contributed by atoms with Gasteiger partial charge in [0.05, 0.1) is 0 Å². The smallest absolute Gasteiger partial charge is 0.119 e. The Bertz CT molecular complexity index is 253. The zero-order chi connectivity index (χ0) is 9.52.